The molecule has 15 heavy (non-hydrogen) atoms. The van der Waals surface area contributed by atoms with E-state index in [0.717, 1.165) is 5.57 Å². The van der Waals surface area contributed by atoms with Gasteiger partial charge < -0.3 is 10.0 Å². The maximum Gasteiger partial charge on any atom is 0.309 e. The molecule has 0 saturated heterocycles. The Balaban J connectivity index is 4.36. The fourth-order valence-corrected chi connectivity index (χ4v) is 1.08. The summed E-state index contributed by atoms with van der Waals surface area (Å²) in [6.45, 7) is 9.08. The molecule has 0 aliphatic heterocycles. The Kier molecular flexibility index (Phi) is 4.52. The van der Waals surface area contributed by atoms with Crippen molar-refractivity contribution < 1.29 is 14.7 Å². The number of aliphatic carboxylic acids is 1. The molecule has 0 aromatic rings. The minimum atomic E-state index is -1.01. The van der Waals surface area contributed by atoms with Gasteiger partial charge in [0, 0.05) is 20.0 Å². The maximum absolute atomic E-state index is 11.6. The van der Waals surface area contributed by atoms with Crippen LogP contribution in [0.25, 0.3) is 0 Å². The number of hydrogen-bond donors (Lipinski definition) is 1. The van der Waals surface area contributed by atoms with Gasteiger partial charge in [-0.15, -0.1) is 0 Å². The molecular formula is C11H19NO3. The number of carbonyl (C=O) groups excluding carboxylic acids is 1. The first-order valence-electron chi connectivity index (χ1n) is 4.78. The first kappa shape index (κ1) is 13.7. The molecule has 1 amide bonds. The number of carbonyl (C=O) groups is 2. The van der Waals surface area contributed by atoms with Gasteiger partial charge in [-0.25, -0.2) is 0 Å². The van der Waals surface area contributed by atoms with Crippen LogP contribution in [0.1, 0.15) is 27.2 Å². The Bertz CT molecular complexity index is 282. The molecular weight excluding hydrogens is 194 g/mol. The Labute approximate surface area is 90.6 Å². The van der Waals surface area contributed by atoms with Gasteiger partial charge in [-0.3, -0.25) is 9.59 Å². The van der Waals surface area contributed by atoms with Gasteiger partial charge in [-0.05, 0) is 20.8 Å². The number of likely N-dealkylation sites (N-methyl/N-ethyl adjacent to an activating group) is 1. The summed E-state index contributed by atoms with van der Waals surface area (Å²) >= 11 is 0. The number of nitrogens with zero attached hydrogens (tertiary/aromatic N) is 1. The summed E-state index contributed by atoms with van der Waals surface area (Å²) in [6, 6.07) is 0. The molecule has 4 heteroatoms. The molecule has 0 rings (SSSR count). The third kappa shape index (κ3) is 4.63. The second-order valence-electron chi connectivity index (χ2n) is 4.57. The quantitative estimate of drug-likeness (QED) is 0.704. The molecule has 0 heterocycles. The van der Waals surface area contributed by atoms with Crippen LogP contribution in [0.15, 0.2) is 12.2 Å². The summed E-state index contributed by atoms with van der Waals surface area (Å²) in [5.41, 5.74) is -0.139. The average Bonchev–Trinajstić information content (AvgIpc) is 2.01. The summed E-state index contributed by atoms with van der Waals surface area (Å²) in [4.78, 5) is 23.9. The molecule has 0 fully saturated rings. The Morgan fingerprint density at radius 1 is 1.40 bits per heavy atom. The van der Waals surface area contributed by atoms with E-state index in [9.17, 15) is 9.59 Å². The monoisotopic (exact) mass is 213 g/mol. The summed E-state index contributed by atoms with van der Waals surface area (Å²) in [5.74, 6) is -1.13. The molecule has 0 unspecified atom stereocenters. The molecule has 4 nitrogen and oxygen atoms in total. The SMILES string of the molecule is C=C(C)CN(C)C(=O)CC(C)(C)C(=O)O. The number of hydrogen-bond acceptors (Lipinski definition) is 2. The van der Waals surface area contributed by atoms with Gasteiger partial charge in [0.25, 0.3) is 0 Å². The highest BCUT2D eigenvalue weighted by atomic mass is 16.4. The Morgan fingerprint density at radius 2 is 1.87 bits per heavy atom. The van der Waals surface area contributed by atoms with Crippen LogP contribution in [0.5, 0.6) is 0 Å². The molecule has 0 aliphatic rings. The predicted octanol–water partition coefficient (Wildman–Crippen LogP) is 1.52. The van der Waals surface area contributed by atoms with Crippen LogP contribution < -0.4 is 0 Å². The van der Waals surface area contributed by atoms with Gasteiger partial charge in [0.05, 0.1) is 5.41 Å². The minimum Gasteiger partial charge on any atom is -0.481 e. The summed E-state index contributed by atoms with van der Waals surface area (Å²) in [6.07, 6.45) is 0.00606. The standard InChI is InChI=1S/C11H19NO3/c1-8(2)7-12(5)9(13)6-11(3,4)10(14)15/h1,6-7H2,2-5H3,(H,14,15). The zero-order valence-corrected chi connectivity index (χ0v) is 9.83. The third-order valence-corrected chi connectivity index (χ3v) is 2.10. The fourth-order valence-electron chi connectivity index (χ4n) is 1.08. The Morgan fingerprint density at radius 3 is 2.20 bits per heavy atom. The zero-order chi connectivity index (χ0) is 12.2. The van der Waals surface area contributed by atoms with Gasteiger partial charge in [0.2, 0.25) is 5.91 Å². The Hall–Kier alpha value is -1.32. The van der Waals surface area contributed by atoms with Crippen molar-refractivity contribution in [2.24, 2.45) is 5.41 Å². The van der Waals surface area contributed by atoms with Gasteiger partial charge in [-0.2, -0.15) is 0 Å². The average molecular weight is 213 g/mol. The van der Waals surface area contributed by atoms with E-state index >= 15 is 0 Å². The van der Waals surface area contributed by atoms with Crippen molar-refractivity contribution in [2.75, 3.05) is 13.6 Å². The topological polar surface area (TPSA) is 57.6 Å². The van der Waals surface area contributed by atoms with Crippen molar-refractivity contribution >= 4 is 11.9 Å². The molecule has 0 aliphatic carbocycles. The maximum atomic E-state index is 11.6. The number of amides is 1. The van der Waals surface area contributed by atoms with Crippen molar-refractivity contribution in [1.82, 2.24) is 4.90 Å². The fraction of sp³-hybridized carbons (Fsp3) is 0.636. The lowest BCUT2D eigenvalue weighted by Crippen LogP contribution is -2.35. The third-order valence-electron chi connectivity index (χ3n) is 2.10. The van der Waals surface area contributed by atoms with Crippen LogP contribution in [0.3, 0.4) is 0 Å². The second-order valence-corrected chi connectivity index (χ2v) is 4.57. The highest BCUT2D eigenvalue weighted by Gasteiger charge is 2.31. The van der Waals surface area contributed by atoms with Crippen molar-refractivity contribution in [1.29, 1.82) is 0 Å². The van der Waals surface area contributed by atoms with E-state index in [1.54, 1.807) is 20.9 Å². The van der Waals surface area contributed by atoms with E-state index < -0.39 is 11.4 Å². The lowest BCUT2D eigenvalue weighted by atomic mass is 9.89. The van der Waals surface area contributed by atoms with E-state index in [-0.39, 0.29) is 12.3 Å². The van der Waals surface area contributed by atoms with Crippen molar-refractivity contribution in [2.45, 2.75) is 27.2 Å². The molecule has 1 N–H and O–H groups in total. The van der Waals surface area contributed by atoms with E-state index in [1.807, 2.05) is 6.92 Å². The van der Waals surface area contributed by atoms with Crippen molar-refractivity contribution in [3.8, 4) is 0 Å². The first-order chi connectivity index (χ1) is 6.66. The van der Waals surface area contributed by atoms with E-state index in [0.29, 0.717) is 6.54 Å². The minimum absolute atomic E-state index is 0.00606. The highest BCUT2D eigenvalue weighted by molar-refractivity contribution is 5.84. The van der Waals surface area contributed by atoms with Gasteiger partial charge in [-0.1, -0.05) is 12.2 Å². The zero-order valence-electron chi connectivity index (χ0n) is 9.83. The van der Waals surface area contributed by atoms with Crippen molar-refractivity contribution in [3.05, 3.63) is 12.2 Å². The van der Waals surface area contributed by atoms with Crippen LogP contribution in [0.2, 0.25) is 0 Å². The van der Waals surface area contributed by atoms with Crippen LogP contribution >= 0.6 is 0 Å². The lowest BCUT2D eigenvalue weighted by molar-refractivity contribution is -0.151. The molecule has 0 aromatic carbocycles. The largest absolute Gasteiger partial charge is 0.481 e. The molecule has 0 aromatic heterocycles. The van der Waals surface area contributed by atoms with E-state index in [2.05, 4.69) is 6.58 Å². The van der Waals surface area contributed by atoms with Gasteiger partial charge in [0.1, 0.15) is 0 Å². The van der Waals surface area contributed by atoms with Crippen LogP contribution in [0, 0.1) is 5.41 Å². The summed E-state index contributed by atoms with van der Waals surface area (Å²) < 4.78 is 0. The lowest BCUT2D eigenvalue weighted by Gasteiger charge is -2.23. The van der Waals surface area contributed by atoms with Gasteiger partial charge >= 0.3 is 5.97 Å². The van der Waals surface area contributed by atoms with Crippen LogP contribution in [-0.2, 0) is 9.59 Å². The van der Waals surface area contributed by atoms with E-state index in [4.69, 9.17) is 5.11 Å². The van der Waals surface area contributed by atoms with E-state index in [1.165, 1.54) is 4.90 Å². The number of carboxylic acid groups (broad SMARTS) is 1. The van der Waals surface area contributed by atoms with Crippen LogP contribution in [0.4, 0.5) is 0 Å². The predicted molar refractivity (Wildman–Crippen MR) is 58.5 cm³/mol. The first-order valence-corrected chi connectivity index (χ1v) is 4.78. The molecule has 0 bridgehead atoms. The summed E-state index contributed by atoms with van der Waals surface area (Å²) in [5, 5.41) is 8.87. The smallest absolute Gasteiger partial charge is 0.309 e. The normalized spacial score (nSPS) is 10.9. The second kappa shape index (κ2) is 4.96. The molecule has 0 radical (unpaired) electrons. The van der Waals surface area contributed by atoms with Crippen LogP contribution in [-0.4, -0.2) is 35.5 Å². The molecule has 0 saturated carbocycles. The molecule has 0 spiro atoms. The van der Waals surface area contributed by atoms with Crippen molar-refractivity contribution in [3.63, 3.8) is 0 Å². The summed E-state index contributed by atoms with van der Waals surface area (Å²) in [7, 11) is 1.65. The number of carboxylic acids is 1. The highest BCUT2D eigenvalue weighted by Crippen LogP contribution is 2.21. The molecule has 86 valence electrons. The molecule has 0 atom stereocenters. The number of rotatable bonds is 5. The van der Waals surface area contributed by atoms with Gasteiger partial charge in [0.15, 0.2) is 0 Å².